The van der Waals surface area contributed by atoms with Crippen LogP contribution in [0.1, 0.15) is 204 Å². The summed E-state index contributed by atoms with van der Waals surface area (Å²) in [6.07, 6.45) is 5.93. The predicted octanol–water partition coefficient (Wildman–Crippen LogP) is 19.3. The molecule has 83 heavy (non-hydrogen) atoms. The highest BCUT2D eigenvalue weighted by molar-refractivity contribution is 7.00. The third-order valence-corrected chi connectivity index (χ3v) is 22.3. The normalized spacial score (nSPS) is 21.8. The Morgan fingerprint density at radius 2 is 0.964 bits per heavy atom. The molecule has 3 aliphatic carbocycles. The van der Waals surface area contributed by atoms with Gasteiger partial charge in [-0.2, -0.15) is 0 Å². The molecule has 2 unspecified atom stereocenters. The van der Waals surface area contributed by atoms with Crippen molar-refractivity contribution in [1.29, 1.82) is 0 Å². The summed E-state index contributed by atoms with van der Waals surface area (Å²) in [5.74, 6) is 0. The van der Waals surface area contributed by atoms with E-state index in [9.17, 15) is 0 Å². The van der Waals surface area contributed by atoms with Gasteiger partial charge in [-0.1, -0.05) is 208 Å². The lowest BCUT2D eigenvalue weighted by molar-refractivity contribution is 0.195. The van der Waals surface area contributed by atoms with Gasteiger partial charge in [0.1, 0.15) is 0 Å². The standard InChI is InChI=1S/C79H88BN3/c1-48-38-69-71-70(39-48)82(66-45-58-57(40-49(66)2)74(9,10)47-75(58,11)12)68-46-60-59(76(13,14)55-28-22-23-29-56(55)77(60,15)16)44-63(68)80(71)62-33-32-53(83-65-35-31-52(73(6,7)8)42-61(65)78(17)36-24-25-37-79(78,83)18)43-67(62)81(69)64-34-30-51(72(3,4)5)41-54(64)50-26-20-19-21-27-50/h19-23,26-35,38-46H,24-25,36-37,47H2,1-18H3. The van der Waals surface area contributed by atoms with Gasteiger partial charge < -0.3 is 14.7 Å². The zero-order valence-electron chi connectivity index (χ0n) is 53.3. The molecule has 422 valence electrons. The summed E-state index contributed by atoms with van der Waals surface area (Å²) < 4.78 is 0. The molecule has 0 spiro atoms. The smallest absolute Gasteiger partial charge is 0.252 e. The van der Waals surface area contributed by atoms with Crippen LogP contribution >= 0.6 is 0 Å². The van der Waals surface area contributed by atoms with E-state index in [-0.39, 0.29) is 50.2 Å². The molecule has 4 heteroatoms. The van der Waals surface area contributed by atoms with E-state index in [1.54, 1.807) is 0 Å². The number of nitrogens with zero attached hydrogens (tertiary/aromatic N) is 3. The van der Waals surface area contributed by atoms with E-state index in [2.05, 4.69) is 285 Å². The quantitative estimate of drug-likeness (QED) is 0.163. The first-order valence-corrected chi connectivity index (χ1v) is 31.5. The summed E-state index contributed by atoms with van der Waals surface area (Å²) in [5.41, 5.74) is 31.9. The number of hydrogen-bond donors (Lipinski definition) is 0. The van der Waals surface area contributed by atoms with Gasteiger partial charge in [-0.25, -0.2) is 0 Å². The van der Waals surface area contributed by atoms with E-state index < -0.39 is 0 Å². The number of benzene rings is 8. The predicted molar refractivity (Wildman–Crippen MR) is 357 cm³/mol. The third-order valence-electron chi connectivity index (χ3n) is 22.3. The van der Waals surface area contributed by atoms with Crippen molar-refractivity contribution in [1.82, 2.24) is 0 Å². The Balaban J connectivity index is 1.10. The molecule has 2 atom stereocenters. The Kier molecular flexibility index (Phi) is 11.4. The molecular weight excluding hydrogens is 1000 g/mol. The molecule has 3 heterocycles. The maximum Gasteiger partial charge on any atom is 0.252 e. The van der Waals surface area contributed by atoms with Gasteiger partial charge in [-0.3, -0.25) is 0 Å². The van der Waals surface area contributed by atoms with E-state index in [4.69, 9.17) is 0 Å². The zero-order chi connectivity index (χ0) is 58.7. The van der Waals surface area contributed by atoms with Crippen LogP contribution in [0.2, 0.25) is 0 Å². The van der Waals surface area contributed by atoms with Crippen molar-refractivity contribution in [2.45, 2.75) is 200 Å². The van der Waals surface area contributed by atoms with E-state index in [0.29, 0.717) is 0 Å². The first kappa shape index (κ1) is 54.2. The Bertz CT molecular complexity index is 4060. The van der Waals surface area contributed by atoms with Gasteiger partial charge in [0.15, 0.2) is 0 Å². The van der Waals surface area contributed by atoms with Gasteiger partial charge >= 0.3 is 0 Å². The largest absolute Gasteiger partial charge is 0.334 e. The molecule has 3 aliphatic heterocycles. The fraction of sp³-hybridized carbons (Fsp3) is 0.392. The molecule has 0 saturated heterocycles. The minimum atomic E-state index is -0.234. The van der Waals surface area contributed by atoms with Crippen molar-refractivity contribution in [2.75, 3.05) is 14.7 Å². The second-order valence-electron chi connectivity index (χ2n) is 31.4. The van der Waals surface area contributed by atoms with Crippen LogP contribution in [0.5, 0.6) is 0 Å². The summed E-state index contributed by atoms with van der Waals surface area (Å²) >= 11 is 0. The summed E-state index contributed by atoms with van der Waals surface area (Å²) in [4.78, 5) is 8.29. The molecule has 0 bridgehead atoms. The van der Waals surface area contributed by atoms with Crippen LogP contribution in [0.25, 0.3) is 11.1 Å². The topological polar surface area (TPSA) is 9.72 Å². The van der Waals surface area contributed by atoms with Crippen molar-refractivity contribution in [3.05, 3.63) is 207 Å². The van der Waals surface area contributed by atoms with Gasteiger partial charge in [0.2, 0.25) is 0 Å². The van der Waals surface area contributed by atoms with Gasteiger partial charge in [0, 0.05) is 61.6 Å². The first-order valence-electron chi connectivity index (χ1n) is 31.5. The van der Waals surface area contributed by atoms with Gasteiger partial charge in [-0.05, 0) is 199 Å². The molecule has 0 radical (unpaired) electrons. The van der Waals surface area contributed by atoms with Crippen molar-refractivity contribution < 1.29 is 0 Å². The molecule has 8 aromatic rings. The molecule has 0 N–H and O–H groups in total. The first-order chi connectivity index (χ1) is 39.0. The Morgan fingerprint density at radius 1 is 0.422 bits per heavy atom. The molecule has 3 nitrogen and oxygen atoms in total. The molecule has 1 fully saturated rings. The lowest BCUT2D eigenvalue weighted by atomic mass is 9.33. The molecule has 8 aromatic carbocycles. The van der Waals surface area contributed by atoms with Crippen molar-refractivity contribution in [3.8, 4) is 11.1 Å². The van der Waals surface area contributed by atoms with Crippen molar-refractivity contribution in [3.63, 3.8) is 0 Å². The summed E-state index contributed by atoms with van der Waals surface area (Å²) in [6, 6.07) is 58.9. The molecule has 14 rings (SSSR count). The van der Waals surface area contributed by atoms with Crippen LogP contribution in [0.15, 0.2) is 146 Å². The van der Waals surface area contributed by atoms with Crippen LogP contribution in [-0.2, 0) is 37.9 Å². The molecule has 0 aromatic heterocycles. The Hall–Kier alpha value is -6.78. The molecular formula is C79H88BN3. The summed E-state index contributed by atoms with van der Waals surface area (Å²) in [5, 5.41) is 0. The fourth-order valence-electron chi connectivity index (χ4n) is 17.7. The lowest BCUT2D eigenvalue weighted by Gasteiger charge is -2.51. The summed E-state index contributed by atoms with van der Waals surface area (Å²) in [6.45, 7) is 43.9. The lowest BCUT2D eigenvalue weighted by Crippen LogP contribution is -2.62. The number of aryl methyl sites for hydroxylation is 2. The zero-order valence-corrected chi connectivity index (χ0v) is 53.3. The second kappa shape index (κ2) is 17.4. The highest BCUT2D eigenvalue weighted by Crippen LogP contribution is 2.63. The van der Waals surface area contributed by atoms with E-state index >= 15 is 0 Å². The van der Waals surface area contributed by atoms with Crippen LogP contribution in [-0.4, -0.2) is 12.3 Å². The molecule has 1 saturated carbocycles. The minimum Gasteiger partial charge on any atom is -0.334 e. The van der Waals surface area contributed by atoms with Crippen LogP contribution in [0.4, 0.5) is 45.5 Å². The van der Waals surface area contributed by atoms with E-state index in [1.807, 2.05) is 0 Å². The Morgan fingerprint density at radius 3 is 1.60 bits per heavy atom. The number of anilines is 8. The molecule has 0 amide bonds. The Labute approximate surface area is 498 Å². The summed E-state index contributed by atoms with van der Waals surface area (Å²) in [7, 11) is 0. The number of fused-ring (bicyclic) bond motifs is 10. The van der Waals surface area contributed by atoms with Crippen LogP contribution in [0.3, 0.4) is 0 Å². The van der Waals surface area contributed by atoms with Gasteiger partial charge in [0.05, 0.1) is 11.2 Å². The minimum absolute atomic E-state index is 0.00989. The molecule has 6 aliphatic rings. The third kappa shape index (κ3) is 7.54. The van der Waals surface area contributed by atoms with Crippen LogP contribution in [0, 0.1) is 13.8 Å². The average molecular weight is 1090 g/mol. The number of rotatable bonds is 4. The van der Waals surface area contributed by atoms with E-state index in [0.717, 1.165) is 12.8 Å². The van der Waals surface area contributed by atoms with Crippen molar-refractivity contribution in [2.24, 2.45) is 0 Å². The second-order valence-corrected chi connectivity index (χ2v) is 31.4. The van der Waals surface area contributed by atoms with Crippen LogP contribution < -0.4 is 31.1 Å². The SMILES string of the molecule is Cc1cc2c3c(c1)N(c1ccc(C(C)(C)C)cc1-c1ccccc1)c1cc(N4c5ccc(C(C)(C)C)cc5C5(C)CCCCC45C)ccc1B3c1cc3c(cc1N2c1cc2c(cc1C)C(C)(C)CC2(C)C)C(C)(C)c1ccccc1C3(C)C. The number of hydrogen-bond acceptors (Lipinski definition) is 3. The highest BCUT2D eigenvalue weighted by Gasteiger charge is 2.58. The highest BCUT2D eigenvalue weighted by atomic mass is 15.3. The fourth-order valence-corrected chi connectivity index (χ4v) is 17.7. The maximum atomic E-state index is 2.82. The monoisotopic (exact) mass is 1090 g/mol. The van der Waals surface area contributed by atoms with E-state index in [1.165, 1.54) is 153 Å². The van der Waals surface area contributed by atoms with Crippen molar-refractivity contribution >= 4 is 68.6 Å². The maximum absolute atomic E-state index is 2.82. The van der Waals surface area contributed by atoms with Gasteiger partial charge in [-0.15, -0.1) is 0 Å². The average Bonchev–Trinajstić information content (AvgIpc) is 1.60. The van der Waals surface area contributed by atoms with Gasteiger partial charge in [0.25, 0.3) is 6.71 Å².